The second kappa shape index (κ2) is 7.81. The first-order valence-electron chi connectivity index (χ1n) is 9.63. The number of aliphatic carboxylic acids is 1. The van der Waals surface area contributed by atoms with E-state index in [9.17, 15) is 19.8 Å². The fourth-order valence-corrected chi connectivity index (χ4v) is 4.68. The van der Waals surface area contributed by atoms with Crippen LogP contribution in [0.15, 0.2) is 58.9 Å². The number of carbonyl (C=O) groups is 2. The van der Waals surface area contributed by atoms with E-state index in [0.29, 0.717) is 18.4 Å². The summed E-state index contributed by atoms with van der Waals surface area (Å²) in [5, 5.41) is 28.0. The number of carboxylic acid groups (broad SMARTS) is 1. The van der Waals surface area contributed by atoms with E-state index in [1.54, 1.807) is 6.92 Å². The van der Waals surface area contributed by atoms with Gasteiger partial charge in [0.05, 0.1) is 35.4 Å². The summed E-state index contributed by atoms with van der Waals surface area (Å²) in [6.07, 6.45) is -0.633. The Morgan fingerprint density at radius 1 is 1.23 bits per heavy atom. The third kappa shape index (κ3) is 3.17. The maximum Gasteiger partial charge on any atom is 1.00 e. The molecular formula is C22H19N2NaO5. The van der Waals surface area contributed by atoms with Gasteiger partial charge in [-0.05, 0) is 30.2 Å². The number of aliphatic hydroxyl groups is 1. The van der Waals surface area contributed by atoms with Gasteiger partial charge in [0.25, 0.3) is 0 Å². The number of rotatable bonds is 4. The van der Waals surface area contributed by atoms with Crippen LogP contribution >= 0.6 is 0 Å². The van der Waals surface area contributed by atoms with Crippen LogP contribution in [-0.2, 0) is 14.4 Å². The molecule has 0 aliphatic carbocycles. The average Bonchev–Trinajstić information content (AvgIpc) is 3.30. The maximum absolute atomic E-state index is 12.3. The van der Waals surface area contributed by atoms with Crippen LogP contribution in [-0.4, -0.2) is 45.8 Å². The number of oxime groups is 1. The molecule has 0 aromatic heterocycles. The van der Waals surface area contributed by atoms with Crippen LogP contribution in [0.4, 0.5) is 0 Å². The van der Waals surface area contributed by atoms with Gasteiger partial charge in [-0.1, -0.05) is 41.6 Å². The van der Waals surface area contributed by atoms with Gasteiger partial charge in [0.15, 0.2) is 6.10 Å². The average molecular weight is 414 g/mol. The minimum Gasteiger partial charge on any atom is -0.543 e. The number of carbonyl (C=O) groups excluding carboxylic acids is 2. The minimum absolute atomic E-state index is 0. The number of benzene rings is 2. The molecule has 0 unspecified atom stereocenters. The summed E-state index contributed by atoms with van der Waals surface area (Å²) in [7, 11) is 0. The van der Waals surface area contributed by atoms with Gasteiger partial charge in [0.2, 0.25) is 5.91 Å². The van der Waals surface area contributed by atoms with Crippen LogP contribution in [0, 0.1) is 5.92 Å². The number of β-lactam (4-membered cyclic amide) rings is 1. The molecule has 3 aliphatic heterocycles. The van der Waals surface area contributed by atoms with Crippen LogP contribution in [0.3, 0.4) is 0 Å². The summed E-state index contributed by atoms with van der Waals surface area (Å²) >= 11 is 0. The van der Waals surface area contributed by atoms with Crippen LogP contribution in [0.1, 0.15) is 25.3 Å². The van der Waals surface area contributed by atoms with Crippen LogP contribution in [0.25, 0.3) is 10.8 Å². The van der Waals surface area contributed by atoms with Crippen LogP contribution < -0.4 is 34.7 Å². The Balaban J connectivity index is 0.00000218. The molecule has 1 fully saturated rings. The van der Waals surface area contributed by atoms with Gasteiger partial charge < -0.3 is 24.7 Å². The Labute approximate surface area is 195 Å². The Bertz CT molecular complexity index is 1110. The van der Waals surface area contributed by atoms with E-state index in [0.717, 1.165) is 22.0 Å². The topological polar surface area (TPSA) is 102 Å². The zero-order chi connectivity index (χ0) is 20.3. The van der Waals surface area contributed by atoms with Gasteiger partial charge in [0, 0.05) is 17.6 Å². The van der Waals surface area contributed by atoms with Crippen molar-refractivity contribution in [1.29, 1.82) is 0 Å². The summed E-state index contributed by atoms with van der Waals surface area (Å²) in [4.78, 5) is 30.9. The second-order valence-electron chi connectivity index (χ2n) is 7.81. The number of carboxylic acids is 1. The van der Waals surface area contributed by atoms with E-state index in [4.69, 9.17) is 4.84 Å². The molecule has 4 atom stereocenters. The molecule has 0 bridgehead atoms. The number of nitrogens with zero attached hydrogens (tertiary/aromatic N) is 2. The minimum atomic E-state index is -1.40. The monoisotopic (exact) mass is 414 g/mol. The first-order chi connectivity index (χ1) is 14.0. The SMILES string of the molecule is C[C@@H](O)[C@H]1C(=O)N2C(C(=O)[O-])=C([C@@H]3CC(c4ccc5ccccc5c4)=NO3)C[C@H]12.[Na+]. The molecular weight excluding hydrogens is 395 g/mol. The molecule has 30 heavy (non-hydrogen) atoms. The largest absolute Gasteiger partial charge is 1.00 e. The Morgan fingerprint density at radius 2 is 1.97 bits per heavy atom. The molecule has 8 heteroatoms. The fourth-order valence-electron chi connectivity index (χ4n) is 4.68. The molecule has 1 saturated heterocycles. The van der Waals surface area contributed by atoms with Gasteiger partial charge in [-0.15, -0.1) is 0 Å². The maximum atomic E-state index is 12.3. The quantitative estimate of drug-likeness (QED) is 0.459. The summed E-state index contributed by atoms with van der Waals surface area (Å²) < 4.78 is 0. The van der Waals surface area contributed by atoms with Crippen molar-refractivity contribution >= 4 is 28.4 Å². The summed E-state index contributed by atoms with van der Waals surface area (Å²) in [5.41, 5.74) is 2.03. The predicted molar refractivity (Wildman–Crippen MR) is 102 cm³/mol. The number of fused-ring (bicyclic) bond motifs is 2. The van der Waals surface area contributed by atoms with Crippen molar-refractivity contribution in [2.75, 3.05) is 0 Å². The molecule has 0 saturated carbocycles. The van der Waals surface area contributed by atoms with Crippen molar-refractivity contribution in [3.8, 4) is 0 Å². The van der Waals surface area contributed by atoms with Gasteiger partial charge in [0.1, 0.15) is 0 Å². The second-order valence-corrected chi connectivity index (χ2v) is 7.81. The Hall–Kier alpha value is -2.19. The van der Waals surface area contributed by atoms with Crippen LogP contribution in [0.2, 0.25) is 0 Å². The third-order valence-electron chi connectivity index (χ3n) is 6.10. The van der Waals surface area contributed by atoms with Crippen molar-refractivity contribution < 1.29 is 54.2 Å². The Morgan fingerprint density at radius 3 is 2.67 bits per heavy atom. The van der Waals surface area contributed by atoms with E-state index < -0.39 is 24.1 Å². The molecule has 148 valence electrons. The molecule has 0 radical (unpaired) electrons. The molecule has 0 spiro atoms. The first-order valence-corrected chi connectivity index (χ1v) is 9.63. The van der Waals surface area contributed by atoms with E-state index in [1.165, 1.54) is 4.90 Å². The van der Waals surface area contributed by atoms with Gasteiger partial charge >= 0.3 is 29.6 Å². The van der Waals surface area contributed by atoms with Gasteiger partial charge in [-0.25, -0.2) is 0 Å². The third-order valence-corrected chi connectivity index (χ3v) is 6.10. The molecule has 1 N–H and O–H groups in total. The molecule has 3 heterocycles. The predicted octanol–water partition coefficient (Wildman–Crippen LogP) is -2.05. The number of amides is 1. The fraction of sp³-hybridized carbons (Fsp3) is 0.318. The first kappa shape index (κ1) is 21.1. The molecule has 3 aliphatic rings. The van der Waals surface area contributed by atoms with Gasteiger partial charge in [-0.3, -0.25) is 4.79 Å². The summed E-state index contributed by atoms with van der Waals surface area (Å²) in [6, 6.07) is 13.7. The molecule has 2 aromatic carbocycles. The van der Waals surface area contributed by atoms with E-state index in [-0.39, 0.29) is 47.2 Å². The Kier molecular flexibility index (Phi) is 5.48. The zero-order valence-corrected chi connectivity index (χ0v) is 18.7. The van der Waals surface area contributed by atoms with Crippen molar-refractivity contribution in [3.63, 3.8) is 0 Å². The molecule has 2 aromatic rings. The van der Waals surface area contributed by atoms with E-state index >= 15 is 0 Å². The number of aliphatic hydroxyl groups excluding tert-OH is 1. The smallest absolute Gasteiger partial charge is 0.543 e. The van der Waals surface area contributed by atoms with E-state index in [1.807, 2.05) is 42.5 Å². The molecule has 1 amide bonds. The summed E-state index contributed by atoms with van der Waals surface area (Å²) in [6.45, 7) is 1.55. The number of hydrogen-bond acceptors (Lipinski definition) is 6. The number of hydrogen-bond donors (Lipinski definition) is 1. The van der Waals surface area contributed by atoms with Crippen molar-refractivity contribution in [2.45, 2.75) is 38.0 Å². The van der Waals surface area contributed by atoms with Crippen molar-refractivity contribution in [3.05, 3.63) is 59.3 Å². The van der Waals surface area contributed by atoms with Crippen molar-refractivity contribution in [1.82, 2.24) is 4.90 Å². The molecule has 7 nitrogen and oxygen atoms in total. The summed E-state index contributed by atoms with van der Waals surface area (Å²) in [5.74, 6) is -2.38. The standard InChI is InChI=1S/C22H20N2O5.Na/c1-11(25)19-17-9-15(20(22(27)28)24(17)21(19)26)18-10-16(23-29-18)14-7-6-12-4-2-3-5-13(12)8-14;/h2-8,11,17-19,25H,9-10H2,1H3,(H,27,28);/q;+1/p-1/t11-,17-,18+,19-;/m1./s1. The van der Waals surface area contributed by atoms with Gasteiger partial charge in [-0.2, -0.15) is 0 Å². The van der Waals surface area contributed by atoms with Crippen molar-refractivity contribution in [2.24, 2.45) is 11.1 Å². The zero-order valence-electron chi connectivity index (χ0n) is 16.7. The normalized spacial score (nSPS) is 25.9. The van der Waals surface area contributed by atoms with Crippen LogP contribution in [0.5, 0.6) is 0 Å². The molecule has 5 rings (SSSR count). The van der Waals surface area contributed by atoms with E-state index in [2.05, 4.69) is 5.16 Å².